The molecule has 0 aliphatic rings. The van der Waals surface area contributed by atoms with Crippen LogP contribution in [0.15, 0.2) is 82.2 Å². The van der Waals surface area contributed by atoms with Crippen LogP contribution in [-0.2, 0) is 26.2 Å². The highest BCUT2D eigenvalue weighted by Crippen LogP contribution is 2.29. The second kappa shape index (κ2) is 12.6. The van der Waals surface area contributed by atoms with E-state index in [1.54, 1.807) is 37.3 Å². The number of rotatable bonds is 10. The van der Waals surface area contributed by atoms with E-state index in [0.29, 0.717) is 5.69 Å². The van der Waals surface area contributed by atoms with Crippen molar-refractivity contribution in [2.75, 3.05) is 10.8 Å². The number of carbonyl (C=O) groups excluding carboxylic acids is 2. The average Bonchev–Trinajstić information content (AvgIpc) is 2.88. The van der Waals surface area contributed by atoms with Crippen molar-refractivity contribution in [3.63, 3.8) is 0 Å². The molecule has 3 aromatic rings. The van der Waals surface area contributed by atoms with E-state index in [4.69, 9.17) is 0 Å². The van der Waals surface area contributed by atoms with Crippen molar-refractivity contribution in [1.29, 1.82) is 0 Å². The van der Waals surface area contributed by atoms with E-state index in [9.17, 15) is 18.0 Å². The van der Waals surface area contributed by atoms with Crippen molar-refractivity contribution in [1.82, 2.24) is 10.2 Å². The van der Waals surface area contributed by atoms with E-state index in [2.05, 4.69) is 21.2 Å². The average molecular weight is 601 g/mol. The molecule has 0 aliphatic carbocycles. The zero-order chi connectivity index (χ0) is 28.0. The first kappa shape index (κ1) is 29.4. The molecule has 38 heavy (non-hydrogen) atoms. The summed E-state index contributed by atoms with van der Waals surface area (Å²) in [6.07, 6.45) is 0. The first-order valence-corrected chi connectivity index (χ1v) is 14.6. The lowest BCUT2D eigenvalue weighted by Crippen LogP contribution is -2.52. The van der Waals surface area contributed by atoms with Gasteiger partial charge in [-0.3, -0.25) is 13.9 Å². The number of amides is 2. The van der Waals surface area contributed by atoms with Crippen LogP contribution in [0.4, 0.5) is 5.69 Å². The topological polar surface area (TPSA) is 86.8 Å². The van der Waals surface area contributed by atoms with Gasteiger partial charge in [-0.1, -0.05) is 58.4 Å². The molecule has 0 spiro atoms. The summed E-state index contributed by atoms with van der Waals surface area (Å²) < 4.78 is 29.8. The van der Waals surface area contributed by atoms with Crippen LogP contribution in [-0.4, -0.2) is 43.8 Å². The fourth-order valence-corrected chi connectivity index (χ4v) is 5.77. The van der Waals surface area contributed by atoms with Crippen molar-refractivity contribution in [2.24, 2.45) is 0 Å². The molecule has 0 aliphatic heterocycles. The van der Waals surface area contributed by atoms with Gasteiger partial charge >= 0.3 is 0 Å². The molecule has 7 nitrogen and oxygen atoms in total. The Kier molecular flexibility index (Phi) is 9.73. The van der Waals surface area contributed by atoms with Gasteiger partial charge in [-0.15, -0.1) is 0 Å². The third-order valence-corrected chi connectivity index (χ3v) is 8.62. The van der Waals surface area contributed by atoms with E-state index < -0.39 is 28.5 Å². The first-order valence-electron chi connectivity index (χ1n) is 12.4. The maximum Gasteiger partial charge on any atom is 0.264 e. The molecule has 1 atom stereocenters. The number of nitrogens with one attached hydrogen (secondary N) is 1. The lowest BCUT2D eigenvalue weighted by molar-refractivity contribution is -0.139. The van der Waals surface area contributed by atoms with E-state index >= 15 is 0 Å². The maximum atomic E-state index is 13.9. The number of halogens is 1. The van der Waals surface area contributed by atoms with Gasteiger partial charge in [0.15, 0.2) is 0 Å². The Labute approximate surface area is 234 Å². The standard InChI is InChI=1S/C29H34BrN3O4S/c1-20(2)31-29(35)23(5)32(18-24-14-16-25(30)17-15-24)28(34)19-33(27-13-9-10-21(3)22(27)4)38(36,37)26-11-7-6-8-12-26/h6-17,20,23H,18-19H2,1-5H3,(H,31,35)/t23-/m1/s1. The normalized spacial score (nSPS) is 12.2. The van der Waals surface area contributed by atoms with Crippen molar-refractivity contribution < 1.29 is 18.0 Å². The molecule has 0 bridgehead atoms. The molecule has 0 aromatic heterocycles. The van der Waals surface area contributed by atoms with Crippen LogP contribution in [0.2, 0.25) is 0 Å². The molecule has 202 valence electrons. The molecule has 0 fully saturated rings. The highest BCUT2D eigenvalue weighted by molar-refractivity contribution is 9.10. The van der Waals surface area contributed by atoms with E-state index in [0.717, 1.165) is 25.5 Å². The van der Waals surface area contributed by atoms with Crippen LogP contribution in [0.1, 0.15) is 37.5 Å². The summed E-state index contributed by atoms with van der Waals surface area (Å²) >= 11 is 3.42. The molecule has 0 saturated carbocycles. The number of hydrogen-bond acceptors (Lipinski definition) is 4. The minimum atomic E-state index is -4.09. The molecule has 0 unspecified atom stereocenters. The molecule has 0 heterocycles. The second-order valence-electron chi connectivity index (χ2n) is 9.53. The monoisotopic (exact) mass is 599 g/mol. The lowest BCUT2D eigenvalue weighted by Gasteiger charge is -2.33. The van der Waals surface area contributed by atoms with Gasteiger partial charge in [0.25, 0.3) is 10.0 Å². The highest BCUT2D eigenvalue weighted by atomic mass is 79.9. The van der Waals surface area contributed by atoms with Gasteiger partial charge in [-0.25, -0.2) is 8.42 Å². The fourth-order valence-electron chi connectivity index (χ4n) is 4.01. The van der Waals surface area contributed by atoms with Crippen LogP contribution in [0, 0.1) is 13.8 Å². The second-order valence-corrected chi connectivity index (χ2v) is 12.3. The number of anilines is 1. The predicted octanol–water partition coefficient (Wildman–Crippen LogP) is 5.20. The minimum Gasteiger partial charge on any atom is -0.352 e. The Bertz CT molecular complexity index is 1380. The lowest BCUT2D eigenvalue weighted by atomic mass is 10.1. The Morgan fingerprint density at radius 3 is 2.13 bits per heavy atom. The van der Waals surface area contributed by atoms with Gasteiger partial charge in [-0.2, -0.15) is 0 Å². The van der Waals surface area contributed by atoms with Gasteiger partial charge in [0, 0.05) is 17.1 Å². The van der Waals surface area contributed by atoms with Crippen molar-refractivity contribution >= 4 is 43.5 Å². The number of nitrogens with zero attached hydrogens (tertiary/aromatic N) is 2. The SMILES string of the molecule is Cc1cccc(N(CC(=O)N(Cc2ccc(Br)cc2)[C@H](C)C(=O)NC(C)C)S(=O)(=O)c2ccccc2)c1C. The summed E-state index contributed by atoms with van der Waals surface area (Å²) in [6, 6.07) is 19.9. The van der Waals surface area contributed by atoms with Gasteiger partial charge in [-0.05, 0) is 81.6 Å². The third kappa shape index (κ3) is 7.02. The summed E-state index contributed by atoms with van der Waals surface area (Å²) in [7, 11) is -4.09. The molecule has 3 rings (SSSR count). The van der Waals surface area contributed by atoms with E-state index in [1.807, 2.05) is 58.0 Å². The Balaban J connectivity index is 2.06. The smallest absolute Gasteiger partial charge is 0.264 e. The van der Waals surface area contributed by atoms with Crippen molar-refractivity contribution in [3.8, 4) is 0 Å². The molecule has 3 aromatic carbocycles. The predicted molar refractivity (Wildman–Crippen MR) is 154 cm³/mol. The summed E-state index contributed by atoms with van der Waals surface area (Å²) in [5, 5.41) is 2.86. The number of carbonyl (C=O) groups is 2. The van der Waals surface area contributed by atoms with Crippen LogP contribution >= 0.6 is 15.9 Å². The van der Waals surface area contributed by atoms with Gasteiger partial charge in [0.05, 0.1) is 10.6 Å². The summed E-state index contributed by atoms with van der Waals surface area (Å²) in [6.45, 7) is 8.76. The maximum absolute atomic E-state index is 13.9. The largest absolute Gasteiger partial charge is 0.352 e. The zero-order valence-electron chi connectivity index (χ0n) is 22.3. The fraction of sp³-hybridized carbons (Fsp3) is 0.310. The van der Waals surface area contributed by atoms with E-state index in [-0.39, 0.29) is 23.4 Å². The zero-order valence-corrected chi connectivity index (χ0v) is 24.7. The summed E-state index contributed by atoms with van der Waals surface area (Å²) in [5.41, 5.74) is 2.89. The molecular formula is C29H34BrN3O4S. The Hall–Kier alpha value is -3.17. The van der Waals surface area contributed by atoms with Crippen molar-refractivity contribution in [3.05, 3.63) is 94.0 Å². The number of sulfonamides is 1. The quantitative estimate of drug-likeness (QED) is 0.347. The van der Waals surface area contributed by atoms with Gasteiger partial charge < -0.3 is 10.2 Å². The Morgan fingerprint density at radius 2 is 1.53 bits per heavy atom. The number of benzene rings is 3. The molecule has 0 saturated heterocycles. The van der Waals surface area contributed by atoms with Crippen LogP contribution in [0.25, 0.3) is 0 Å². The van der Waals surface area contributed by atoms with Crippen LogP contribution in [0.5, 0.6) is 0 Å². The number of hydrogen-bond donors (Lipinski definition) is 1. The van der Waals surface area contributed by atoms with Gasteiger partial charge in [0.2, 0.25) is 11.8 Å². The minimum absolute atomic E-state index is 0.0822. The highest BCUT2D eigenvalue weighted by Gasteiger charge is 2.33. The molecule has 2 amide bonds. The van der Waals surface area contributed by atoms with Crippen LogP contribution in [0.3, 0.4) is 0 Å². The van der Waals surface area contributed by atoms with Crippen LogP contribution < -0.4 is 9.62 Å². The molecular weight excluding hydrogens is 566 g/mol. The Morgan fingerprint density at radius 1 is 0.895 bits per heavy atom. The summed E-state index contributed by atoms with van der Waals surface area (Å²) in [5.74, 6) is -0.797. The molecule has 0 radical (unpaired) electrons. The molecule has 1 N–H and O–H groups in total. The van der Waals surface area contributed by atoms with Gasteiger partial charge in [0.1, 0.15) is 12.6 Å². The third-order valence-electron chi connectivity index (χ3n) is 6.32. The van der Waals surface area contributed by atoms with Crippen molar-refractivity contribution in [2.45, 2.75) is 58.1 Å². The molecule has 9 heteroatoms. The summed E-state index contributed by atoms with van der Waals surface area (Å²) in [4.78, 5) is 28.4. The van der Waals surface area contributed by atoms with E-state index in [1.165, 1.54) is 17.0 Å². The first-order chi connectivity index (χ1) is 17.9. The number of aryl methyl sites for hydroxylation is 1.